The Hall–Kier alpha value is -2.14. The maximum atomic E-state index is 12.2. The third-order valence-corrected chi connectivity index (χ3v) is 6.13. The summed E-state index contributed by atoms with van der Waals surface area (Å²) in [6.07, 6.45) is 10.4. The first kappa shape index (κ1) is 20.6. The van der Waals surface area contributed by atoms with E-state index >= 15 is 0 Å². The van der Waals surface area contributed by atoms with Gasteiger partial charge in [-0.2, -0.15) is 0 Å². The van der Waals surface area contributed by atoms with Crippen LogP contribution < -0.4 is 0 Å². The molecule has 1 unspecified atom stereocenters. The highest BCUT2D eigenvalue weighted by molar-refractivity contribution is 5.79. The van der Waals surface area contributed by atoms with Crippen LogP contribution in [-0.2, 0) is 15.0 Å². The Kier molecular flexibility index (Phi) is 6.89. The van der Waals surface area contributed by atoms with Gasteiger partial charge in [-0.25, -0.2) is 0 Å². The summed E-state index contributed by atoms with van der Waals surface area (Å²) < 4.78 is 0. The number of carboxylic acids is 1. The van der Waals surface area contributed by atoms with E-state index in [9.17, 15) is 14.7 Å². The number of unbranched alkanes of at least 4 members (excludes halogenated alkanes) is 3. The number of aliphatic hydroxyl groups excluding tert-OH is 1. The molecule has 5 nitrogen and oxygen atoms in total. The molecule has 2 N–H and O–H groups in total. The van der Waals surface area contributed by atoms with E-state index < -0.39 is 12.1 Å². The summed E-state index contributed by atoms with van der Waals surface area (Å²) in [4.78, 5) is 24.7. The SMILES string of the molecule is O=C(O)CCCCCCN1C(=O)CC[C@H]1/C=C/C(O)C1(c2ccccc2)CC1. The van der Waals surface area contributed by atoms with Crippen LogP contribution in [0.4, 0.5) is 0 Å². The number of aliphatic hydroxyl groups is 1. The number of benzene rings is 1. The topological polar surface area (TPSA) is 77.8 Å². The van der Waals surface area contributed by atoms with Crippen molar-refractivity contribution in [3.05, 3.63) is 48.0 Å². The molecule has 0 bridgehead atoms. The molecular formula is C23H31NO4. The van der Waals surface area contributed by atoms with Crippen LogP contribution in [0.2, 0.25) is 0 Å². The lowest BCUT2D eigenvalue weighted by atomic mass is 9.89. The van der Waals surface area contributed by atoms with Crippen LogP contribution in [0.25, 0.3) is 0 Å². The van der Waals surface area contributed by atoms with Crippen LogP contribution in [0.3, 0.4) is 0 Å². The molecule has 1 aliphatic carbocycles. The van der Waals surface area contributed by atoms with Gasteiger partial charge in [-0.05, 0) is 37.7 Å². The molecule has 28 heavy (non-hydrogen) atoms. The smallest absolute Gasteiger partial charge is 0.303 e. The molecule has 1 aromatic rings. The molecule has 0 aromatic heterocycles. The monoisotopic (exact) mass is 385 g/mol. The van der Waals surface area contributed by atoms with Crippen LogP contribution in [-0.4, -0.2) is 45.7 Å². The summed E-state index contributed by atoms with van der Waals surface area (Å²) in [6, 6.07) is 10.2. The Morgan fingerprint density at radius 3 is 2.57 bits per heavy atom. The summed E-state index contributed by atoms with van der Waals surface area (Å²) in [6.45, 7) is 0.709. The first-order valence-electron chi connectivity index (χ1n) is 10.5. The van der Waals surface area contributed by atoms with Crippen LogP contribution in [0.15, 0.2) is 42.5 Å². The summed E-state index contributed by atoms with van der Waals surface area (Å²) >= 11 is 0. The van der Waals surface area contributed by atoms with E-state index in [4.69, 9.17) is 5.11 Å². The van der Waals surface area contributed by atoms with Gasteiger partial charge in [-0.1, -0.05) is 55.3 Å². The fourth-order valence-corrected chi connectivity index (χ4v) is 4.24. The second kappa shape index (κ2) is 9.37. The number of carbonyl (C=O) groups excluding carboxylic acids is 1. The lowest BCUT2D eigenvalue weighted by molar-refractivity contribution is -0.137. The van der Waals surface area contributed by atoms with E-state index in [0.29, 0.717) is 19.4 Å². The van der Waals surface area contributed by atoms with Gasteiger partial charge in [-0.3, -0.25) is 9.59 Å². The number of amides is 1. The molecule has 0 radical (unpaired) electrons. The second-order valence-corrected chi connectivity index (χ2v) is 8.10. The predicted octanol–water partition coefficient (Wildman–Crippen LogP) is 3.66. The second-order valence-electron chi connectivity index (χ2n) is 8.10. The summed E-state index contributed by atoms with van der Waals surface area (Å²) in [5, 5.41) is 19.5. The van der Waals surface area contributed by atoms with Gasteiger partial charge < -0.3 is 15.1 Å². The van der Waals surface area contributed by atoms with Crippen LogP contribution in [0.5, 0.6) is 0 Å². The molecule has 2 aliphatic rings. The first-order valence-corrected chi connectivity index (χ1v) is 10.5. The van der Waals surface area contributed by atoms with Crippen molar-refractivity contribution in [3.63, 3.8) is 0 Å². The lowest BCUT2D eigenvalue weighted by Gasteiger charge is -2.24. The van der Waals surface area contributed by atoms with E-state index in [1.54, 1.807) is 0 Å². The minimum atomic E-state index is -0.748. The van der Waals surface area contributed by atoms with Gasteiger partial charge in [0.15, 0.2) is 0 Å². The number of carbonyl (C=O) groups is 2. The van der Waals surface area contributed by atoms with Crippen LogP contribution >= 0.6 is 0 Å². The zero-order valence-corrected chi connectivity index (χ0v) is 16.4. The van der Waals surface area contributed by atoms with Crippen molar-refractivity contribution in [1.29, 1.82) is 0 Å². The largest absolute Gasteiger partial charge is 0.481 e. The molecule has 5 heteroatoms. The van der Waals surface area contributed by atoms with Crippen molar-refractivity contribution in [1.82, 2.24) is 4.90 Å². The average Bonchev–Trinajstić information content (AvgIpc) is 3.43. The molecule has 1 amide bonds. The molecule has 2 fully saturated rings. The Morgan fingerprint density at radius 2 is 1.89 bits per heavy atom. The molecule has 1 saturated carbocycles. The third-order valence-electron chi connectivity index (χ3n) is 6.13. The van der Waals surface area contributed by atoms with Crippen molar-refractivity contribution in [2.75, 3.05) is 6.54 Å². The summed E-state index contributed by atoms with van der Waals surface area (Å²) in [7, 11) is 0. The van der Waals surface area contributed by atoms with Crippen LogP contribution in [0.1, 0.15) is 63.4 Å². The van der Waals surface area contributed by atoms with E-state index in [2.05, 4.69) is 12.1 Å². The van der Waals surface area contributed by atoms with Crippen molar-refractivity contribution in [2.45, 2.75) is 75.3 Å². The first-order chi connectivity index (χ1) is 13.5. The fourth-order valence-electron chi connectivity index (χ4n) is 4.24. The van der Waals surface area contributed by atoms with Crippen molar-refractivity contribution in [3.8, 4) is 0 Å². The van der Waals surface area contributed by atoms with Gasteiger partial charge in [0.05, 0.1) is 12.1 Å². The molecule has 1 aliphatic heterocycles. The summed E-state index contributed by atoms with van der Waals surface area (Å²) in [5.41, 5.74) is 1.03. The van der Waals surface area contributed by atoms with E-state index in [-0.39, 0.29) is 23.8 Å². The van der Waals surface area contributed by atoms with Gasteiger partial charge in [-0.15, -0.1) is 0 Å². The Bertz CT molecular complexity index is 696. The molecule has 0 spiro atoms. The average molecular weight is 386 g/mol. The molecule has 2 atom stereocenters. The Balaban J connectivity index is 1.50. The Labute approximate surface area is 167 Å². The van der Waals surface area contributed by atoms with Gasteiger partial charge in [0.1, 0.15) is 0 Å². The highest BCUT2D eigenvalue weighted by Gasteiger charge is 2.49. The molecule has 3 rings (SSSR count). The number of likely N-dealkylation sites (tertiary alicyclic amines) is 1. The number of hydrogen-bond donors (Lipinski definition) is 2. The normalized spacial score (nSPS) is 22.0. The molecule has 152 valence electrons. The molecule has 1 heterocycles. The van der Waals surface area contributed by atoms with Crippen LogP contribution in [0, 0.1) is 0 Å². The number of nitrogens with zero attached hydrogens (tertiary/aromatic N) is 1. The maximum absolute atomic E-state index is 12.2. The highest BCUT2D eigenvalue weighted by Crippen LogP contribution is 2.51. The molecular weight excluding hydrogens is 354 g/mol. The number of rotatable bonds is 11. The zero-order chi connectivity index (χ0) is 20.0. The predicted molar refractivity (Wildman–Crippen MR) is 108 cm³/mol. The Morgan fingerprint density at radius 1 is 1.18 bits per heavy atom. The van der Waals surface area contributed by atoms with E-state index in [1.807, 2.05) is 35.3 Å². The van der Waals surface area contributed by atoms with Crippen molar-refractivity contribution >= 4 is 11.9 Å². The van der Waals surface area contributed by atoms with Gasteiger partial charge in [0.25, 0.3) is 0 Å². The number of aliphatic carboxylic acids is 1. The highest BCUT2D eigenvalue weighted by atomic mass is 16.4. The minimum Gasteiger partial charge on any atom is -0.481 e. The number of carboxylic acid groups (broad SMARTS) is 1. The summed E-state index contributed by atoms with van der Waals surface area (Å²) in [5.74, 6) is -0.568. The third kappa shape index (κ3) is 5.02. The fraction of sp³-hybridized carbons (Fsp3) is 0.565. The van der Waals surface area contributed by atoms with Gasteiger partial charge in [0.2, 0.25) is 5.91 Å². The quantitative estimate of drug-likeness (QED) is 0.450. The van der Waals surface area contributed by atoms with E-state index in [1.165, 1.54) is 5.56 Å². The van der Waals surface area contributed by atoms with Crippen molar-refractivity contribution in [2.24, 2.45) is 0 Å². The van der Waals surface area contributed by atoms with Gasteiger partial charge in [0, 0.05) is 24.8 Å². The standard InChI is InChI=1S/C23H31NO4/c25-20(23(15-16-23)18-8-4-3-5-9-18)13-11-19-12-14-21(26)24(19)17-7-2-1-6-10-22(27)28/h3-5,8-9,11,13,19-20,25H,1-2,6-7,10,12,14-17H2,(H,27,28)/b13-11+/t19-,20?/m1/s1. The van der Waals surface area contributed by atoms with Gasteiger partial charge >= 0.3 is 5.97 Å². The minimum absolute atomic E-state index is 0.0627. The maximum Gasteiger partial charge on any atom is 0.303 e. The number of hydrogen-bond acceptors (Lipinski definition) is 3. The molecule has 1 aromatic carbocycles. The van der Waals surface area contributed by atoms with Crippen molar-refractivity contribution < 1.29 is 19.8 Å². The lowest BCUT2D eigenvalue weighted by Crippen LogP contribution is -2.33. The van der Waals surface area contributed by atoms with E-state index in [0.717, 1.165) is 38.5 Å². The zero-order valence-electron chi connectivity index (χ0n) is 16.4. The molecule has 1 saturated heterocycles.